The number of carbonyl (C=O) groups is 2. The van der Waals surface area contributed by atoms with Gasteiger partial charge in [0.15, 0.2) is 0 Å². The molecular formula is C17H22N2O4. The number of β-amino-alcohol motifs (C(OH)–C–C–N with tert-alkyl or cyclic N) is 1. The van der Waals surface area contributed by atoms with E-state index in [4.69, 9.17) is 4.74 Å². The van der Waals surface area contributed by atoms with Gasteiger partial charge in [-0.3, -0.25) is 9.69 Å². The summed E-state index contributed by atoms with van der Waals surface area (Å²) in [7, 11) is 0. The van der Waals surface area contributed by atoms with E-state index < -0.39 is 6.10 Å². The molecule has 0 radical (unpaired) electrons. The van der Waals surface area contributed by atoms with Crippen LogP contribution in [0.25, 0.3) is 0 Å². The highest BCUT2D eigenvalue weighted by Crippen LogP contribution is 2.27. The van der Waals surface area contributed by atoms with Gasteiger partial charge in [-0.15, -0.1) is 0 Å². The summed E-state index contributed by atoms with van der Waals surface area (Å²) in [6, 6.07) is 5.19. The standard InChI is InChI=1S/C17H22N2O4/c1-11-5-6-15(12(2)8-11)23-10-13(20)9-19-16(21)14-4-3-7-18(14)17(19)22/h5-6,8,13-14,20H,3-4,7,9-10H2,1-2H3/t13-,14-/m0/s1. The van der Waals surface area contributed by atoms with Gasteiger partial charge in [0.1, 0.15) is 24.5 Å². The number of ether oxygens (including phenoxy) is 1. The van der Waals surface area contributed by atoms with Gasteiger partial charge in [-0.1, -0.05) is 17.7 Å². The van der Waals surface area contributed by atoms with Crippen molar-refractivity contribution in [3.05, 3.63) is 29.3 Å². The third-order valence-electron chi connectivity index (χ3n) is 4.44. The molecule has 0 aliphatic carbocycles. The summed E-state index contributed by atoms with van der Waals surface area (Å²) in [6.45, 7) is 4.60. The fourth-order valence-electron chi connectivity index (χ4n) is 3.26. The molecule has 2 saturated heterocycles. The van der Waals surface area contributed by atoms with Crippen LogP contribution in [-0.4, -0.2) is 58.7 Å². The van der Waals surface area contributed by atoms with Crippen molar-refractivity contribution in [2.24, 2.45) is 0 Å². The molecule has 6 heteroatoms. The van der Waals surface area contributed by atoms with Crippen LogP contribution >= 0.6 is 0 Å². The molecule has 2 atom stereocenters. The van der Waals surface area contributed by atoms with Crippen molar-refractivity contribution in [1.29, 1.82) is 0 Å². The van der Waals surface area contributed by atoms with Gasteiger partial charge in [-0.25, -0.2) is 4.79 Å². The first-order valence-electron chi connectivity index (χ1n) is 7.97. The average Bonchev–Trinajstić information content (AvgIpc) is 3.06. The Kier molecular flexibility index (Phi) is 4.26. The van der Waals surface area contributed by atoms with Crippen molar-refractivity contribution in [2.75, 3.05) is 19.7 Å². The fraction of sp³-hybridized carbons (Fsp3) is 0.529. The molecule has 1 aromatic carbocycles. The van der Waals surface area contributed by atoms with Crippen LogP contribution in [0.5, 0.6) is 5.75 Å². The number of carbonyl (C=O) groups excluding carboxylic acids is 2. The van der Waals surface area contributed by atoms with Crippen molar-refractivity contribution in [3.8, 4) is 5.75 Å². The number of hydrogen-bond donors (Lipinski definition) is 1. The van der Waals surface area contributed by atoms with Crippen molar-refractivity contribution in [3.63, 3.8) is 0 Å². The van der Waals surface area contributed by atoms with Gasteiger partial charge < -0.3 is 14.7 Å². The van der Waals surface area contributed by atoms with Crippen LogP contribution in [-0.2, 0) is 4.79 Å². The number of aliphatic hydroxyl groups is 1. The molecule has 2 fully saturated rings. The minimum Gasteiger partial charge on any atom is -0.491 e. The molecule has 3 rings (SSSR count). The number of nitrogens with zero attached hydrogens (tertiary/aromatic N) is 2. The molecule has 0 aromatic heterocycles. The number of benzene rings is 1. The lowest BCUT2D eigenvalue weighted by Gasteiger charge is -2.20. The predicted molar refractivity (Wildman–Crippen MR) is 84.3 cm³/mol. The zero-order valence-corrected chi connectivity index (χ0v) is 13.5. The quantitative estimate of drug-likeness (QED) is 0.835. The molecule has 1 aromatic rings. The SMILES string of the molecule is Cc1ccc(OC[C@@H](O)CN2C(=O)[C@@H]3CCCN3C2=O)c(C)c1. The lowest BCUT2D eigenvalue weighted by molar-refractivity contribution is -0.129. The first-order chi connectivity index (χ1) is 11.0. The largest absolute Gasteiger partial charge is 0.491 e. The van der Waals surface area contributed by atoms with Crippen LogP contribution < -0.4 is 4.74 Å². The Morgan fingerprint density at radius 3 is 2.83 bits per heavy atom. The summed E-state index contributed by atoms with van der Waals surface area (Å²) in [6.07, 6.45) is 0.688. The fourth-order valence-corrected chi connectivity index (χ4v) is 3.26. The van der Waals surface area contributed by atoms with Crippen LogP contribution in [0.3, 0.4) is 0 Å². The Morgan fingerprint density at radius 2 is 2.13 bits per heavy atom. The maximum atomic E-state index is 12.2. The van der Waals surface area contributed by atoms with Gasteiger partial charge in [-0.05, 0) is 38.3 Å². The van der Waals surface area contributed by atoms with Gasteiger partial charge in [0.05, 0.1) is 6.54 Å². The number of urea groups is 1. The van der Waals surface area contributed by atoms with Gasteiger partial charge in [0.25, 0.3) is 5.91 Å². The third kappa shape index (κ3) is 3.03. The van der Waals surface area contributed by atoms with Gasteiger partial charge >= 0.3 is 6.03 Å². The maximum absolute atomic E-state index is 12.2. The van der Waals surface area contributed by atoms with Gasteiger partial charge in [0.2, 0.25) is 0 Å². The zero-order valence-electron chi connectivity index (χ0n) is 13.5. The normalized spacial score (nSPS) is 21.8. The second kappa shape index (κ2) is 6.20. The van der Waals surface area contributed by atoms with Crippen LogP contribution in [0.15, 0.2) is 18.2 Å². The Balaban J connectivity index is 1.56. The van der Waals surface area contributed by atoms with E-state index in [1.807, 2.05) is 32.0 Å². The molecule has 2 heterocycles. The van der Waals surface area contributed by atoms with E-state index in [2.05, 4.69) is 0 Å². The van der Waals surface area contributed by atoms with E-state index in [9.17, 15) is 14.7 Å². The maximum Gasteiger partial charge on any atom is 0.327 e. The van der Waals surface area contributed by atoms with E-state index in [1.165, 1.54) is 0 Å². The van der Waals surface area contributed by atoms with Gasteiger partial charge in [-0.2, -0.15) is 0 Å². The summed E-state index contributed by atoms with van der Waals surface area (Å²) < 4.78 is 5.62. The molecular weight excluding hydrogens is 296 g/mol. The number of imide groups is 1. The Morgan fingerprint density at radius 1 is 1.35 bits per heavy atom. The van der Waals surface area contributed by atoms with E-state index in [-0.39, 0.29) is 31.1 Å². The third-order valence-corrected chi connectivity index (χ3v) is 4.44. The average molecular weight is 318 g/mol. The summed E-state index contributed by atoms with van der Waals surface area (Å²) in [4.78, 5) is 27.1. The van der Waals surface area contributed by atoms with E-state index in [0.717, 1.165) is 28.9 Å². The highest BCUT2D eigenvalue weighted by atomic mass is 16.5. The van der Waals surface area contributed by atoms with E-state index in [0.29, 0.717) is 12.3 Å². The first kappa shape index (κ1) is 15.8. The van der Waals surface area contributed by atoms with Crippen LogP contribution in [0.4, 0.5) is 4.79 Å². The first-order valence-corrected chi connectivity index (χ1v) is 7.97. The Hall–Kier alpha value is -2.08. The molecule has 2 aliphatic rings. The molecule has 124 valence electrons. The molecule has 2 aliphatic heterocycles. The zero-order chi connectivity index (χ0) is 16.6. The second-order valence-electron chi connectivity index (χ2n) is 6.32. The highest BCUT2D eigenvalue weighted by molar-refractivity contribution is 6.04. The minimum atomic E-state index is -0.899. The molecule has 3 amide bonds. The Bertz CT molecular complexity index is 609. The predicted octanol–water partition coefficient (Wildman–Crippen LogP) is 1.47. The number of aryl methyl sites for hydroxylation is 2. The number of amides is 3. The van der Waals surface area contributed by atoms with Crippen LogP contribution in [0.2, 0.25) is 0 Å². The second-order valence-corrected chi connectivity index (χ2v) is 6.32. The molecule has 0 bridgehead atoms. The molecule has 0 saturated carbocycles. The summed E-state index contributed by atoms with van der Waals surface area (Å²) >= 11 is 0. The molecule has 1 N–H and O–H groups in total. The van der Waals surface area contributed by atoms with Crippen molar-refractivity contribution < 1.29 is 19.4 Å². The van der Waals surface area contributed by atoms with E-state index in [1.54, 1.807) is 4.90 Å². The van der Waals surface area contributed by atoms with E-state index >= 15 is 0 Å². The van der Waals surface area contributed by atoms with Crippen molar-refractivity contribution in [2.45, 2.75) is 38.8 Å². The summed E-state index contributed by atoms with van der Waals surface area (Å²) in [5.41, 5.74) is 2.13. The summed E-state index contributed by atoms with van der Waals surface area (Å²) in [5.74, 6) is 0.507. The molecule has 0 unspecified atom stereocenters. The van der Waals surface area contributed by atoms with Gasteiger partial charge in [0, 0.05) is 6.54 Å². The number of rotatable bonds is 5. The molecule has 6 nitrogen and oxygen atoms in total. The molecule has 23 heavy (non-hydrogen) atoms. The Labute approximate surface area is 135 Å². The monoisotopic (exact) mass is 318 g/mol. The lowest BCUT2D eigenvalue weighted by atomic mass is 10.1. The highest BCUT2D eigenvalue weighted by Gasteiger charge is 2.47. The smallest absolute Gasteiger partial charge is 0.327 e. The lowest BCUT2D eigenvalue weighted by Crippen LogP contribution is -2.41. The summed E-state index contributed by atoms with van der Waals surface area (Å²) in [5, 5.41) is 10.1. The van der Waals surface area contributed by atoms with Crippen LogP contribution in [0.1, 0.15) is 24.0 Å². The van der Waals surface area contributed by atoms with Crippen LogP contribution in [0, 0.1) is 13.8 Å². The number of hydrogen-bond acceptors (Lipinski definition) is 4. The minimum absolute atomic E-state index is 0.0183. The van der Waals surface area contributed by atoms with Crippen molar-refractivity contribution in [1.82, 2.24) is 9.80 Å². The van der Waals surface area contributed by atoms with Crippen molar-refractivity contribution >= 4 is 11.9 Å². The number of aliphatic hydroxyl groups excluding tert-OH is 1. The topological polar surface area (TPSA) is 70.1 Å². The number of fused-ring (bicyclic) bond motifs is 1. The molecule has 0 spiro atoms.